The first-order valence-electron chi connectivity index (χ1n) is 10.3. The van der Waals surface area contributed by atoms with Gasteiger partial charge in [0.1, 0.15) is 0 Å². The predicted molar refractivity (Wildman–Crippen MR) is 119 cm³/mol. The van der Waals surface area contributed by atoms with E-state index in [0.29, 0.717) is 6.04 Å². The summed E-state index contributed by atoms with van der Waals surface area (Å²) in [4.78, 5) is 12.4. The van der Waals surface area contributed by atoms with Crippen LogP contribution in [0.2, 0.25) is 0 Å². The number of hydrogen-bond acceptors (Lipinski definition) is 5. The van der Waals surface area contributed by atoms with E-state index in [-0.39, 0.29) is 6.61 Å². The summed E-state index contributed by atoms with van der Waals surface area (Å²) in [7, 11) is 0. The van der Waals surface area contributed by atoms with Gasteiger partial charge < -0.3 is 10.4 Å². The number of aliphatic hydroxyl groups is 1. The average Bonchev–Trinajstić information content (AvgIpc) is 2.76. The van der Waals surface area contributed by atoms with Gasteiger partial charge in [-0.3, -0.25) is 15.0 Å². The molecule has 0 saturated heterocycles. The Morgan fingerprint density at radius 1 is 1.14 bits per heavy atom. The molecule has 1 atom stereocenters. The number of pyridine rings is 1. The van der Waals surface area contributed by atoms with Crippen molar-refractivity contribution in [3.8, 4) is 0 Å². The van der Waals surface area contributed by atoms with Crippen LogP contribution in [-0.2, 0) is 6.54 Å². The Kier molecular flexibility index (Phi) is 15.7. The van der Waals surface area contributed by atoms with Crippen LogP contribution in [0.5, 0.6) is 0 Å². The topological polar surface area (TPSA) is 70.9 Å². The van der Waals surface area contributed by atoms with Crippen molar-refractivity contribution in [2.24, 2.45) is 0 Å². The first-order chi connectivity index (χ1) is 13.6. The molecule has 2 aromatic rings. The third kappa shape index (κ3) is 10.9. The number of rotatable bonds is 7. The highest BCUT2D eigenvalue weighted by Crippen LogP contribution is 2.02. The van der Waals surface area contributed by atoms with Crippen LogP contribution >= 0.6 is 0 Å². The highest BCUT2D eigenvalue weighted by atomic mass is 16.2. The molecule has 0 aromatic carbocycles. The molecule has 0 radical (unpaired) electrons. The molecular formula is C23H38N4O. The molecule has 2 aromatic heterocycles. The molecule has 0 unspecified atom stereocenters. The predicted octanol–water partition coefficient (Wildman–Crippen LogP) is 3.13. The first-order valence-corrected chi connectivity index (χ1v) is 10.3. The standard InChI is InChI=1S/C16H26N2O.C5H6N2.C2H6/c1-4-13-9-10-15(18-16(13)6-3)12-17-14(5-2)8-7-11-19;1-5-4-6-2-3-7-5;1-2/h4,6,9-10,14,17,19H,5,7-8,11-12H2,1-3H3;2-4H,1H3;1-2H3/b13-4-,16-6+;;/t14-;;/m1../s1. The molecule has 0 aliphatic rings. The van der Waals surface area contributed by atoms with Crippen LogP contribution in [-0.4, -0.2) is 32.7 Å². The highest BCUT2D eigenvalue weighted by molar-refractivity contribution is 5.26. The minimum atomic E-state index is 0.270. The Hall–Kier alpha value is -2.11. The fraction of sp³-hybridized carbons (Fsp3) is 0.522. The fourth-order valence-corrected chi connectivity index (χ4v) is 2.51. The SMILES string of the molecule is C/C=c1/ccc(CN[C@H](CC)CCCO)n/c1=C/C.CC.Cc1cnccn1. The van der Waals surface area contributed by atoms with Gasteiger partial charge in [0.05, 0.1) is 16.7 Å². The lowest BCUT2D eigenvalue weighted by Crippen LogP contribution is -2.32. The van der Waals surface area contributed by atoms with Gasteiger partial charge in [-0.05, 0) is 51.3 Å². The summed E-state index contributed by atoms with van der Waals surface area (Å²) in [6, 6.07) is 4.66. The van der Waals surface area contributed by atoms with Gasteiger partial charge in [0.2, 0.25) is 0 Å². The third-order valence-corrected chi connectivity index (χ3v) is 4.07. The first kappa shape index (κ1) is 25.9. The van der Waals surface area contributed by atoms with Gasteiger partial charge in [-0.25, -0.2) is 0 Å². The molecule has 0 spiro atoms. The van der Waals surface area contributed by atoms with Crippen molar-refractivity contribution < 1.29 is 5.11 Å². The molecule has 28 heavy (non-hydrogen) atoms. The van der Waals surface area contributed by atoms with Gasteiger partial charge in [-0.15, -0.1) is 0 Å². The minimum absolute atomic E-state index is 0.270. The normalized spacial score (nSPS) is 12.5. The number of nitrogens with one attached hydrogen (secondary N) is 1. The van der Waals surface area contributed by atoms with Gasteiger partial charge >= 0.3 is 0 Å². The second kappa shape index (κ2) is 17.0. The van der Waals surface area contributed by atoms with Crippen molar-refractivity contribution in [1.29, 1.82) is 0 Å². The number of hydrogen-bond donors (Lipinski definition) is 2. The van der Waals surface area contributed by atoms with E-state index in [1.165, 1.54) is 5.22 Å². The molecule has 2 rings (SSSR count). The smallest absolute Gasteiger partial charge is 0.0659 e. The molecule has 0 aliphatic carbocycles. The maximum atomic E-state index is 8.87. The Morgan fingerprint density at radius 3 is 2.36 bits per heavy atom. The summed E-state index contributed by atoms with van der Waals surface area (Å²) in [6.45, 7) is 13.2. The second-order valence-electron chi connectivity index (χ2n) is 6.05. The zero-order valence-corrected chi connectivity index (χ0v) is 18.4. The maximum Gasteiger partial charge on any atom is 0.0659 e. The van der Waals surface area contributed by atoms with Crippen molar-refractivity contribution in [3.63, 3.8) is 0 Å². The van der Waals surface area contributed by atoms with E-state index in [2.05, 4.69) is 45.4 Å². The molecule has 5 nitrogen and oxygen atoms in total. The maximum absolute atomic E-state index is 8.87. The quantitative estimate of drug-likeness (QED) is 0.765. The summed E-state index contributed by atoms with van der Waals surface area (Å²) in [5.74, 6) is 0. The Balaban J connectivity index is 0.000000670. The average molecular weight is 387 g/mol. The largest absolute Gasteiger partial charge is 0.396 e. The van der Waals surface area contributed by atoms with Gasteiger partial charge in [0.15, 0.2) is 0 Å². The number of aliphatic hydroxyl groups excluding tert-OH is 1. The van der Waals surface area contributed by atoms with Crippen LogP contribution in [0.15, 0.2) is 30.7 Å². The third-order valence-electron chi connectivity index (χ3n) is 4.07. The summed E-state index contributed by atoms with van der Waals surface area (Å²) in [5.41, 5.74) is 2.03. The molecule has 2 heterocycles. The number of aryl methyl sites for hydroxylation is 1. The molecule has 0 fully saturated rings. The van der Waals surface area contributed by atoms with E-state index in [4.69, 9.17) is 5.11 Å². The summed E-state index contributed by atoms with van der Waals surface area (Å²) < 4.78 is 0. The molecule has 2 N–H and O–H groups in total. The Labute approximate surface area is 170 Å². The van der Waals surface area contributed by atoms with Gasteiger partial charge in [-0.1, -0.05) is 39.0 Å². The molecule has 0 amide bonds. The molecular weight excluding hydrogens is 348 g/mol. The monoisotopic (exact) mass is 386 g/mol. The molecule has 156 valence electrons. The van der Waals surface area contributed by atoms with Gasteiger partial charge in [-0.2, -0.15) is 0 Å². The van der Waals surface area contributed by atoms with Crippen molar-refractivity contribution in [3.05, 3.63) is 52.7 Å². The van der Waals surface area contributed by atoms with Crippen molar-refractivity contribution in [2.75, 3.05) is 6.61 Å². The van der Waals surface area contributed by atoms with Crippen LogP contribution in [0.25, 0.3) is 12.2 Å². The lowest BCUT2D eigenvalue weighted by atomic mass is 10.1. The van der Waals surface area contributed by atoms with Gasteiger partial charge in [0, 0.05) is 37.8 Å². The van der Waals surface area contributed by atoms with Crippen LogP contribution in [0.3, 0.4) is 0 Å². The Morgan fingerprint density at radius 2 is 1.89 bits per heavy atom. The van der Waals surface area contributed by atoms with E-state index in [0.717, 1.165) is 42.5 Å². The van der Waals surface area contributed by atoms with E-state index < -0.39 is 0 Å². The number of nitrogens with zero attached hydrogens (tertiary/aromatic N) is 3. The number of aromatic nitrogens is 3. The summed E-state index contributed by atoms with van der Waals surface area (Å²) in [5, 5.41) is 14.6. The zero-order chi connectivity index (χ0) is 21.2. The molecule has 0 bridgehead atoms. The van der Waals surface area contributed by atoms with Crippen LogP contribution in [0, 0.1) is 6.92 Å². The highest BCUT2D eigenvalue weighted by Gasteiger charge is 2.05. The lowest BCUT2D eigenvalue weighted by molar-refractivity contribution is 0.273. The van der Waals surface area contributed by atoms with E-state index >= 15 is 0 Å². The summed E-state index contributed by atoms with van der Waals surface area (Å²) in [6.07, 6.45) is 12.1. The van der Waals surface area contributed by atoms with E-state index in [1.807, 2.05) is 40.7 Å². The van der Waals surface area contributed by atoms with Crippen LogP contribution in [0.4, 0.5) is 0 Å². The molecule has 0 saturated carbocycles. The fourth-order valence-electron chi connectivity index (χ4n) is 2.51. The molecule has 0 aliphatic heterocycles. The minimum Gasteiger partial charge on any atom is -0.396 e. The van der Waals surface area contributed by atoms with Crippen molar-refractivity contribution >= 4 is 12.2 Å². The van der Waals surface area contributed by atoms with Gasteiger partial charge in [0.25, 0.3) is 0 Å². The van der Waals surface area contributed by atoms with Crippen LogP contribution in [0.1, 0.15) is 65.3 Å². The van der Waals surface area contributed by atoms with E-state index in [1.54, 1.807) is 18.6 Å². The van der Waals surface area contributed by atoms with Crippen molar-refractivity contribution in [1.82, 2.24) is 20.3 Å². The van der Waals surface area contributed by atoms with E-state index in [9.17, 15) is 0 Å². The summed E-state index contributed by atoms with van der Waals surface area (Å²) >= 11 is 0. The van der Waals surface area contributed by atoms with Crippen molar-refractivity contribution in [2.45, 2.75) is 73.4 Å². The van der Waals surface area contributed by atoms with Crippen LogP contribution < -0.4 is 15.9 Å². The Bertz CT molecular complexity index is 732. The second-order valence-corrected chi connectivity index (χ2v) is 6.05. The lowest BCUT2D eigenvalue weighted by Gasteiger charge is -2.16. The molecule has 5 heteroatoms. The zero-order valence-electron chi connectivity index (χ0n) is 18.4.